The zero-order valence-electron chi connectivity index (χ0n) is 18.7. The first-order valence-electron chi connectivity index (χ1n) is 11.1. The van der Waals surface area contributed by atoms with Gasteiger partial charge in [-0.05, 0) is 89.7 Å². The minimum absolute atomic E-state index is 0.0495. The zero-order valence-corrected chi connectivity index (χ0v) is 18.7. The van der Waals surface area contributed by atoms with Crippen LogP contribution in [0.25, 0.3) is 0 Å². The van der Waals surface area contributed by atoms with E-state index in [-0.39, 0.29) is 10.8 Å². The SMILES string of the molecule is C=CCc1cc(C2(C)CCC(C(C)(C)c3ccc(O)c(CC=C)c3)CC2)ccc1O. The molecule has 1 aliphatic rings. The van der Waals surface area contributed by atoms with E-state index >= 15 is 0 Å². The Labute approximate surface area is 182 Å². The van der Waals surface area contributed by atoms with Gasteiger partial charge in [0, 0.05) is 0 Å². The molecule has 0 unspecified atom stereocenters. The van der Waals surface area contributed by atoms with E-state index in [1.165, 1.54) is 24.0 Å². The quantitative estimate of drug-likeness (QED) is 0.489. The maximum Gasteiger partial charge on any atom is 0.119 e. The molecule has 0 radical (unpaired) electrons. The molecule has 30 heavy (non-hydrogen) atoms. The van der Waals surface area contributed by atoms with Crippen LogP contribution in [0.15, 0.2) is 61.7 Å². The monoisotopic (exact) mass is 404 g/mol. The van der Waals surface area contributed by atoms with Gasteiger partial charge in [0.15, 0.2) is 0 Å². The van der Waals surface area contributed by atoms with Crippen LogP contribution in [-0.2, 0) is 23.7 Å². The van der Waals surface area contributed by atoms with Crippen LogP contribution in [0.1, 0.15) is 68.7 Å². The number of aromatic hydroxyl groups is 2. The van der Waals surface area contributed by atoms with E-state index in [2.05, 4.69) is 58.2 Å². The van der Waals surface area contributed by atoms with E-state index in [0.29, 0.717) is 30.3 Å². The third-order valence-corrected chi connectivity index (χ3v) is 7.44. The number of hydrogen-bond acceptors (Lipinski definition) is 2. The molecule has 2 heteroatoms. The average molecular weight is 405 g/mol. The van der Waals surface area contributed by atoms with Crippen molar-refractivity contribution >= 4 is 0 Å². The van der Waals surface area contributed by atoms with Gasteiger partial charge in [0.05, 0.1) is 0 Å². The predicted molar refractivity (Wildman–Crippen MR) is 126 cm³/mol. The highest BCUT2D eigenvalue weighted by atomic mass is 16.3. The first kappa shape index (κ1) is 22.2. The summed E-state index contributed by atoms with van der Waals surface area (Å²) >= 11 is 0. The lowest BCUT2D eigenvalue weighted by Crippen LogP contribution is -2.37. The van der Waals surface area contributed by atoms with Crippen molar-refractivity contribution in [1.82, 2.24) is 0 Å². The van der Waals surface area contributed by atoms with Crippen LogP contribution in [0.2, 0.25) is 0 Å². The standard InChI is InChI=1S/C28H36O2/c1-6-8-20-18-23(10-12-25(20)29)27(3,4)22-14-16-28(5,17-15-22)24-11-13-26(30)21(19-24)9-7-2/h6-7,10-13,18-19,22,29-30H,1-2,8-9,14-17H2,3-5H3. The van der Waals surface area contributed by atoms with Crippen LogP contribution >= 0.6 is 0 Å². The summed E-state index contributed by atoms with van der Waals surface area (Å²) in [6.07, 6.45) is 9.67. The Morgan fingerprint density at radius 3 is 2.03 bits per heavy atom. The van der Waals surface area contributed by atoms with Gasteiger partial charge in [-0.1, -0.05) is 57.2 Å². The van der Waals surface area contributed by atoms with Crippen molar-refractivity contribution < 1.29 is 10.2 Å². The minimum atomic E-state index is 0.0495. The topological polar surface area (TPSA) is 40.5 Å². The van der Waals surface area contributed by atoms with Crippen LogP contribution < -0.4 is 0 Å². The molecule has 3 rings (SSSR count). The lowest BCUT2D eigenvalue weighted by atomic mass is 9.60. The predicted octanol–water partition coefficient (Wildman–Crippen LogP) is 6.98. The number of allylic oxidation sites excluding steroid dienone is 2. The van der Waals surface area contributed by atoms with Gasteiger partial charge in [0.25, 0.3) is 0 Å². The summed E-state index contributed by atoms with van der Waals surface area (Å²) in [5.74, 6) is 1.31. The smallest absolute Gasteiger partial charge is 0.119 e. The zero-order chi connectivity index (χ0) is 21.9. The molecule has 1 saturated carbocycles. The highest BCUT2D eigenvalue weighted by molar-refractivity contribution is 5.42. The maximum atomic E-state index is 10.1. The van der Waals surface area contributed by atoms with Crippen LogP contribution in [0.4, 0.5) is 0 Å². The fourth-order valence-corrected chi connectivity index (χ4v) is 5.09. The average Bonchev–Trinajstić information content (AvgIpc) is 2.71. The van der Waals surface area contributed by atoms with Crippen molar-refractivity contribution in [3.63, 3.8) is 0 Å². The van der Waals surface area contributed by atoms with Gasteiger partial charge in [-0.2, -0.15) is 0 Å². The fourth-order valence-electron chi connectivity index (χ4n) is 5.09. The Morgan fingerprint density at radius 1 is 0.933 bits per heavy atom. The molecule has 2 aromatic carbocycles. The normalized spacial score (nSPS) is 21.9. The molecule has 1 aliphatic carbocycles. The van der Waals surface area contributed by atoms with Crippen LogP contribution in [-0.4, -0.2) is 10.2 Å². The van der Waals surface area contributed by atoms with E-state index in [1.54, 1.807) is 0 Å². The number of benzene rings is 2. The Balaban J connectivity index is 1.79. The second-order valence-electron chi connectivity index (χ2n) is 9.73. The maximum absolute atomic E-state index is 10.1. The summed E-state index contributed by atoms with van der Waals surface area (Å²) in [5, 5.41) is 20.3. The molecular weight excluding hydrogens is 368 g/mol. The third-order valence-electron chi connectivity index (χ3n) is 7.44. The van der Waals surface area contributed by atoms with Gasteiger partial charge >= 0.3 is 0 Å². The Hall–Kier alpha value is -2.48. The van der Waals surface area contributed by atoms with Crippen molar-refractivity contribution in [3.05, 3.63) is 84.0 Å². The van der Waals surface area contributed by atoms with Crippen LogP contribution in [0.5, 0.6) is 11.5 Å². The van der Waals surface area contributed by atoms with Crippen molar-refractivity contribution in [2.75, 3.05) is 0 Å². The van der Waals surface area contributed by atoms with Crippen molar-refractivity contribution in [2.45, 2.75) is 70.1 Å². The molecule has 0 saturated heterocycles. The summed E-state index contributed by atoms with van der Waals surface area (Å²) in [5.41, 5.74) is 4.72. The lowest BCUT2D eigenvalue weighted by molar-refractivity contribution is 0.178. The molecule has 0 heterocycles. The molecule has 2 N–H and O–H groups in total. The second-order valence-corrected chi connectivity index (χ2v) is 9.73. The van der Waals surface area contributed by atoms with Gasteiger partial charge in [-0.25, -0.2) is 0 Å². The molecule has 0 atom stereocenters. The molecular formula is C28H36O2. The number of rotatable bonds is 7. The molecule has 160 valence electrons. The summed E-state index contributed by atoms with van der Waals surface area (Å²) in [6, 6.07) is 12.2. The summed E-state index contributed by atoms with van der Waals surface area (Å²) in [6.45, 7) is 14.7. The summed E-state index contributed by atoms with van der Waals surface area (Å²) in [7, 11) is 0. The van der Waals surface area contributed by atoms with Crippen LogP contribution in [0, 0.1) is 5.92 Å². The minimum Gasteiger partial charge on any atom is -0.508 e. The summed E-state index contributed by atoms with van der Waals surface area (Å²) in [4.78, 5) is 0. The van der Waals surface area contributed by atoms with Crippen molar-refractivity contribution in [2.24, 2.45) is 5.92 Å². The second kappa shape index (κ2) is 8.71. The molecule has 0 aliphatic heterocycles. The van der Waals surface area contributed by atoms with Gasteiger partial charge in [0.2, 0.25) is 0 Å². The van der Waals surface area contributed by atoms with E-state index in [0.717, 1.165) is 24.0 Å². The van der Waals surface area contributed by atoms with E-state index < -0.39 is 0 Å². The Kier molecular flexibility index (Phi) is 6.45. The number of hydrogen-bond donors (Lipinski definition) is 2. The molecule has 2 nitrogen and oxygen atoms in total. The van der Waals surface area contributed by atoms with E-state index in [4.69, 9.17) is 0 Å². The van der Waals surface area contributed by atoms with Crippen molar-refractivity contribution in [3.8, 4) is 11.5 Å². The Bertz CT molecular complexity index is 914. The molecule has 0 spiro atoms. The molecule has 0 aromatic heterocycles. The van der Waals surface area contributed by atoms with E-state index in [1.807, 2.05) is 24.3 Å². The fraction of sp³-hybridized carbons (Fsp3) is 0.429. The molecule has 0 amide bonds. The highest BCUT2D eigenvalue weighted by Gasteiger charge is 2.39. The van der Waals surface area contributed by atoms with Gasteiger partial charge in [-0.15, -0.1) is 13.2 Å². The third kappa shape index (κ3) is 4.33. The molecule has 2 aromatic rings. The van der Waals surface area contributed by atoms with Crippen LogP contribution in [0.3, 0.4) is 0 Å². The summed E-state index contributed by atoms with van der Waals surface area (Å²) < 4.78 is 0. The van der Waals surface area contributed by atoms with Crippen molar-refractivity contribution in [1.29, 1.82) is 0 Å². The highest BCUT2D eigenvalue weighted by Crippen LogP contribution is 2.48. The first-order valence-corrected chi connectivity index (χ1v) is 11.1. The number of phenols is 2. The van der Waals surface area contributed by atoms with Gasteiger partial charge < -0.3 is 10.2 Å². The first-order chi connectivity index (χ1) is 14.2. The number of phenolic OH excluding ortho intramolecular Hbond substituents is 2. The van der Waals surface area contributed by atoms with Gasteiger partial charge in [-0.3, -0.25) is 0 Å². The molecule has 0 bridgehead atoms. The van der Waals surface area contributed by atoms with Gasteiger partial charge in [0.1, 0.15) is 11.5 Å². The largest absolute Gasteiger partial charge is 0.508 e. The lowest BCUT2D eigenvalue weighted by Gasteiger charge is -2.44. The van der Waals surface area contributed by atoms with E-state index in [9.17, 15) is 10.2 Å². The Morgan fingerprint density at radius 2 is 1.47 bits per heavy atom. The molecule has 1 fully saturated rings.